The number of nitrogens with zero attached hydrogens (tertiary/aromatic N) is 4. The van der Waals surface area contributed by atoms with Crippen LogP contribution >= 0.6 is 11.6 Å². The van der Waals surface area contributed by atoms with Crippen molar-refractivity contribution in [1.29, 1.82) is 0 Å². The SMILES string of the molecule is Cc1cccn2c(=O)c3cc(C(=O)NCc4ccccc4Cl)c(N)[n+](CCN4CCOCC4)c3nc12. The fourth-order valence-electron chi connectivity index (χ4n) is 4.50. The highest BCUT2D eigenvalue weighted by atomic mass is 35.5. The topological polar surface area (TPSA) is 106 Å². The van der Waals surface area contributed by atoms with Gasteiger partial charge in [-0.3, -0.25) is 18.9 Å². The van der Waals surface area contributed by atoms with Gasteiger partial charge in [0.25, 0.3) is 17.1 Å². The van der Waals surface area contributed by atoms with Gasteiger partial charge in [-0.15, -0.1) is 0 Å². The van der Waals surface area contributed by atoms with Gasteiger partial charge >= 0.3 is 0 Å². The van der Waals surface area contributed by atoms with E-state index in [-0.39, 0.29) is 29.4 Å². The molecule has 4 heterocycles. The van der Waals surface area contributed by atoms with Crippen molar-refractivity contribution in [2.75, 3.05) is 38.6 Å². The lowest BCUT2D eigenvalue weighted by Crippen LogP contribution is -2.48. The first kappa shape index (κ1) is 24.2. The number of pyridine rings is 2. The molecule has 0 bridgehead atoms. The molecule has 0 atom stereocenters. The third kappa shape index (κ3) is 4.65. The third-order valence-corrected chi connectivity index (χ3v) is 6.93. The standard InChI is InChI=1S/C26H27ClN6O3/c1-17-5-4-8-33-23(17)30-24-20(26(33)35)15-19(25(34)29-16-18-6-2-3-7-21(18)27)22(28)32(24)10-9-31-11-13-36-14-12-31/h2-8,15,28H,9-14,16H2,1H3,(H,29,34)/p+1. The number of amides is 1. The van der Waals surface area contributed by atoms with Crippen molar-refractivity contribution in [3.63, 3.8) is 0 Å². The van der Waals surface area contributed by atoms with Crippen LogP contribution in [0.4, 0.5) is 5.82 Å². The highest BCUT2D eigenvalue weighted by Crippen LogP contribution is 2.18. The zero-order valence-electron chi connectivity index (χ0n) is 20.0. The van der Waals surface area contributed by atoms with E-state index < -0.39 is 0 Å². The number of nitrogens with one attached hydrogen (secondary N) is 1. The maximum atomic E-state index is 13.5. The largest absolute Gasteiger partial charge is 0.379 e. The van der Waals surface area contributed by atoms with Gasteiger partial charge in [-0.1, -0.05) is 40.9 Å². The molecule has 0 radical (unpaired) electrons. The molecule has 0 spiro atoms. The van der Waals surface area contributed by atoms with Crippen LogP contribution in [0.15, 0.2) is 53.5 Å². The summed E-state index contributed by atoms with van der Waals surface area (Å²) in [6.07, 6.45) is 1.68. The fraction of sp³-hybridized carbons (Fsp3) is 0.308. The average Bonchev–Trinajstić information content (AvgIpc) is 2.89. The lowest BCUT2D eigenvalue weighted by molar-refractivity contribution is -0.658. The normalized spacial score (nSPS) is 14.4. The molecule has 3 aromatic heterocycles. The van der Waals surface area contributed by atoms with Crippen LogP contribution in [0.2, 0.25) is 5.02 Å². The average molecular weight is 508 g/mol. The van der Waals surface area contributed by atoms with E-state index in [1.54, 1.807) is 29.0 Å². The summed E-state index contributed by atoms with van der Waals surface area (Å²) in [4.78, 5) is 33.9. The van der Waals surface area contributed by atoms with E-state index in [9.17, 15) is 9.59 Å². The van der Waals surface area contributed by atoms with E-state index in [1.165, 1.54) is 4.40 Å². The minimum Gasteiger partial charge on any atom is -0.379 e. The Morgan fingerprint density at radius 1 is 1.22 bits per heavy atom. The summed E-state index contributed by atoms with van der Waals surface area (Å²) >= 11 is 6.25. The maximum absolute atomic E-state index is 13.5. The lowest BCUT2D eigenvalue weighted by atomic mass is 10.1. The Balaban J connectivity index is 1.59. The van der Waals surface area contributed by atoms with Gasteiger partial charge < -0.3 is 15.8 Å². The molecule has 0 saturated carbocycles. The molecule has 1 aliphatic rings. The molecule has 1 saturated heterocycles. The molecule has 186 valence electrons. The molecule has 36 heavy (non-hydrogen) atoms. The van der Waals surface area contributed by atoms with Crippen LogP contribution in [0.25, 0.3) is 16.7 Å². The first-order valence-electron chi connectivity index (χ1n) is 11.9. The molecular weight excluding hydrogens is 480 g/mol. The van der Waals surface area contributed by atoms with Crippen LogP contribution in [0.3, 0.4) is 0 Å². The quantitative estimate of drug-likeness (QED) is 0.305. The first-order valence-corrected chi connectivity index (χ1v) is 12.3. The van der Waals surface area contributed by atoms with Gasteiger partial charge in [-0.05, 0) is 30.7 Å². The molecule has 1 aliphatic heterocycles. The van der Waals surface area contributed by atoms with E-state index in [2.05, 4.69) is 10.2 Å². The van der Waals surface area contributed by atoms with Gasteiger partial charge in [0, 0.05) is 43.0 Å². The molecule has 10 heteroatoms. The second-order valence-electron chi connectivity index (χ2n) is 8.86. The number of carbonyl (C=O) groups is 1. The number of nitrogen functional groups attached to an aromatic ring is 1. The molecule has 1 aromatic carbocycles. The molecule has 0 aliphatic carbocycles. The Hall–Kier alpha value is -3.53. The number of carbonyl (C=O) groups excluding carboxylic acids is 1. The van der Waals surface area contributed by atoms with Crippen LogP contribution in [0.1, 0.15) is 21.5 Å². The zero-order valence-corrected chi connectivity index (χ0v) is 20.8. The summed E-state index contributed by atoms with van der Waals surface area (Å²) < 4.78 is 8.74. The van der Waals surface area contributed by atoms with Crippen molar-refractivity contribution in [3.05, 3.63) is 80.7 Å². The summed E-state index contributed by atoms with van der Waals surface area (Å²) in [5.74, 6) is -0.125. The summed E-state index contributed by atoms with van der Waals surface area (Å²) in [6.45, 7) is 6.28. The number of aryl methyl sites for hydroxylation is 1. The fourth-order valence-corrected chi connectivity index (χ4v) is 4.70. The zero-order chi connectivity index (χ0) is 25.2. The van der Waals surface area contributed by atoms with Gasteiger partial charge in [0.15, 0.2) is 0 Å². The Kier molecular flexibility index (Phi) is 6.86. The number of ether oxygens (including phenoxy) is 1. The molecule has 1 fully saturated rings. The molecule has 9 nitrogen and oxygen atoms in total. The molecule has 1 amide bonds. The number of rotatable bonds is 6. The Labute approximate surface area is 213 Å². The van der Waals surface area contributed by atoms with Crippen LogP contribution in [0, 0.1) is 6.92 Å². The van der Waals surface area contributed by atoms with Gasteiger partial charge in [-0.2, -0.15) is 0 Å². The Bertz CT molecular complexity index is 1510. The number of nitrogens with two attached hydrogens (primary N) is 1. The van der Waals surface area contributed by atoms with Gasteiger partial charge in [0.1, 0.15) is 10.9 Å². The van der Waals surface area contributed by atoms with E-state index in [0.29, 0.717) is 48.0 Å². The second kappa shape index (κ2) is 10.2. The number of aromatic nitrogens is 3. The molecule has 5 rings (SSSR count). The third-order valence-electron chi connectivity index (χ3n) is 6.56. The van der Waals surface area contributed by atoms with Crippen LogP contribution < -0.4 is 21.2 Å². The molecular formula is C26H28ClN6O3+. The van der Waals surface area contributed by atoms with Crippen molar-refractivity contribution in [2.45, 2.75) is 20.0 Å². The molecule has 3 N–H and O–H groups in total. The number of hydrogen-bond acceptors (Lipinski definition) is 6. The Morgan fingerprint density at radius 2 is 2.00 bits per heavy atom. The number of anilines is 1. The van der Waals surface area contributed by atoms with Crippen molar-refractivity contribution in [3.8, 4) is 0 Å². The number of fused-ring (bicyclic) bond motifs is 2. The summed E-state index contributed by atoms with van der Waals surface area (Å²) in [5.41, 5.74) is 9.24. The highest BCUT2D eigenvalue weighted by Gasteiger charge is 2.25. The van der Waals surface area contributed by atoms with Crippen molar-refractivity contribution >= 4 is 40.0 Å². The van der Waals surface area contributed by atoms with Gasteiger partial charge in [0.05, 0.1) is 19.8 Å². The Morgan fingerprint density at radius 3 is 2.78 bits per heavy atom. The van der Waals surface area contributed by atoms with Crippen LogP contribution in [-0.2, 0) is 17.8 Å². The van der Waals surface area contributed by atoms with E-state index in [4.69, 9.17) is 27.1 Å². The van der Waals surface area contributed by atoms with Crippen LogP contribution in [0.5, 0.6) is 0 Å². The monoisotopic (exact) mass is 507 g/mol. The summed E-state index contributed by atoms with van der Waals surface area (Å²) in [6, 6.07) is 12.6. The van der Waals surface area contributed by atoms with Gasteiger partial charge in [0.2, 0.25) is 11.5 Å². The molecule has 0 unspecified atom stereocenters. The number of benzene rings is 1. The predicted octanol–water partition coefficient (Wildman–Crippen LogP) is 1.94. The van der Waals surface area contributed by atoms with Crippen molar-refractivity contribution < 1.29 is 14.1 Å². The second-order valence-corrected chi connectivity index (χ2v) is 9.27. The highest BCUT2D eigenvalue weighted by molar-refractivity contribution is 6.31. The maximum Gasteiger partial charge on any atom is 0.278 e. The smallest absolute Gasteiger partial charge is 0.278 e. The van der Waals surface area contributed by atoms with E-state index in [0.717, 1.165) is 24.2 Å². The van der Waals surface area contributed by atoms with Crippen molar-refractivity contribution in [1.82, 2.24) is 19.6 Å². The van der Waals surface area contributed by atoms with Crippen molar-refractivity contribution in [2.24, 2.45) is 0 Å². The lowest BCUT2D eigenvalue weighted by Gasteiger charge is -2.26. The summed E-state index contributed by atoms with van der Waals surface area (Å²) in [5, 5.41) is 3.78. The molecule has 4 aromatic rings. The number of halogens is 1. The van der Waals surface area contributed by atoms with Crippen LogP contribution in [-0.4, -0.2) is 53.0 Å². The number of morpholine rings is 1. The first-order chi connectivity index (χ1) is 17.4. The number of hydrogen-bond donors (Lipinski definition) is 2. The van der Waals surface area contributed by atoms with E-state index in [1.807, 2.05) is 31.2 Å². The minimum atomic E-state index is -0.386. The van der Waals surface area contributed by atoms with E-state index >= 15 is 0 Å². The van der Waals surface area contributed by atoms with Gasteiger partial charge in [-0.25, -0.2) is 4.57 Å². The summed E-state index contributed by atoms with van der Waals surface area (Å²) in [7, 11) is 0. The minimum absolute atomic E-state index is 0.225. The predicted molar refractivity (Wildman–Crippen MR) is 138 cm³/mol.